The summed E-state index contributed by atoms with van der Waals surface area (Å²) in [5.41, 5.74) is -0.352. The first-order valence-corrected chi connectivity index (χ1v) is 11.6. The molecule has 8 nitrogen and oxygen atoms in total. The molecular weight excluding hydrogens is 382 g/mol. The summed E-state index contributed by atoms with van der Waals surface area (Å²) in [4.78, 5) is 36.5. The Morgan fingerprint density at radius 2 is 1.70 bits per heavy atom. The Kier molecular flexibility index (Phi) is 7.97. The first-order chi connectivity index (χ1) is 14.5. The Morgan fingerprint density at radius 1 is 1.07 bits per heavy atom. The van der Waals surface area contributed by atoms with Gasteiger partial charge in [0.05, 0.1) is 25.2 Å². The van der Waals surface area contributed by atoms with Crippen molar-refractivity contribution in [3.05, 3.63) is 0 Å². The van der Waals surface area contributed by atoms with Crippen LogP contribution in [0.2, 0.25) is 0 Å². The quantitative estimate of drug-likeness (QED) is 0.533. The van der Waals surface area contributed by atoms with Crippen molar-refractivity contribution < 1.29 is 14.3 Å². The van der Waals surface area contributed by atoms with E-state index in [9.17, 15) is 9.59 Å². The molecule has 0 aromatic heterocycles. The normalized spacial score (nSPS) is 22.8. The third kappa shape index (κ3) is 5.25. The van der Waals surface area contributed by atoms with Crippen LogP contribution in [-0.2, 0) is 14.3 Å². The predicted molar refractivity (Wildman–Crippen MR) is 117 cm³/mol. The van der Waals surface area contributed by atoms with Crippen LogP contribution in [0.25, 0.3) is 0 Å². The number of ether oxygens (including phenoxy) is 1. The fraction of sp³-hybridized carbons (Fsp3) is 0.864. The van der Waals surface area contributed by atoms with Crippen LogP contribution < -0.4 is 5.32 Å². The van der Waals surface area contributed by atoms with Gasteiger partial charge in [0.15, 0.2) is 5.96 Å². The van der Waals surface area contributed by atoms with Gasteiger partial charge >= 0.3 is 0 Å². The molecule has 3 fully saturated rings. The predicted octanol–water partition coefficient (Wildman–Crippen LogP) is 1.17. The van der Waals surface area contributed by atoms with E-state index in [1.807, 2.05) is 19.0 Å². The van der Waals surface area contributed by atoms with E-state index in [1.165, 1.54) is 0 Å². The third-order valence-electron chi connectivity index (χ3n) is 6.75. The van der Waals surface area contributed by atoms with Gasteiger partial charge in [0.2, 0.25) is 11.8 Å². The highest BCUT2D eigenvalue weighted by Crippen LogP contribution is 2.39. The number of hydrogen-bond donors (Lipinski definition) is 1. The van der Waals surface area contributed by atoms with E-state index >= 15 is 0 Å². The molecule has 1 aliphatic carbocycles. The first kappa shape index (κ1) is 22.8. The minimum atomic E-state index is -0.352. The summed E-state index contributed by atoms with van der Waals surface area (Å²) in [5, 5.41) is 3.41. The lowest BCUT2D eigenvalue weighted by molar-refractivity contribution is -0.141. The molecule has 2 aliphatic heterocycles. The number of guanidine groups is 1. The zero-order valence-electron chi connectivity index (χ0n) is 19.0. The lowest BCUT2D eigenvalue weighted by atomic mass is 9.84. The highest BCUT2D eigenvalue weighted by atomic mass is 16.5. The Balaban J connectivity index is 1.61. The molecule has 1 saturated carbocycles. The van der Waals surface area contributed by atoms with E-state index in [0.29, 0.717) is 32.8 Å². The standard InChI is InChI=1S/C22H39N5O3/c1-4-23-21(24-17-22(9-5-6-10-22)20(29)25(2)3)27-11-7-18(8-12-27)19(28)26-13-15-30-16-14-26/h18H,4-17H2,1-3H3,(H,23,24). The molecule has 8 heteroatoms. The van der Waals surface area contributed by atoms with E-state index in [2.05, 4.69) is 17.1 Å². The third-order valence-corrected chi connectivity index (χ3v) is 6.75. The van der Waals surface area contributed by atoms with Crippen LogP contribution in [-0.4, -0.2) is 99.1 Å². The molecule has 0 bridgehead atoms. The minimum absolute atomic E-state index is 0.0960. The van der Waals surface area contributed by atoms with Crippen LogP contribution in [0.5, 0.6) is 0 Å². The van der Waals surface area contributed by atoms with E-state index in [-0.39, 0.29) is 23.1 Å². The zero-order valence-corrected chi connectivity index (χ0v) is 19.0. The number of nitrogens with zero attached hydrogens (tertiary/aromatic N) is 4. The molecule has 0 aromatic rings. The number of hydrogen-bond acceptors (Lipinski definition) is 4. The number of piperidine rings is 1. The van der Waals surface area contributed by atoms with Crippen molar-refractivity contribution in [2.24, 2.45) is 16.3 Å². The van der Waals surface area contributed by atoms with Gasteiger partial charge in [0, 0.05) is 52.7 Å². The summed E-state index contributed by atoms with van der Waals surface area (Å²) in [6, 6.07) is 0. The van der Waals surface area contributed by atoms with Gasteiger partial charge in [0.25, 0.3) is 0 Å². The Labute approximate surface area is 181 Å². The Bertz CT molecular complexity index is 616. The average Bonchev–Trinajstić information content (AvgIpc) is 3.26. The number of carbonyl (C=O) groups excluding carboxylic acids is 2. The van der Waals surface area contributed by atoms with Crippen LogP contribution in [0, 0.1) is 11.3 Å². The maximum atomic E-state index is 12.9. The molecule has 1 N–H and O–H groups in total. The highest BCUT2D eigenvalue weighted by molar-refractivity contribution is 5.85. The maximum absolute atomic E-state index is 12.9. The zero-order chi connectivity index (χ0) is 21.6. The highest BCUT2D eigenvalue weighted by Gasteiger charge is 2.42. The average molecular weight is 422 g/mol. The number of carbonyl (C=O) groups is 2. The molecule has 30 heavy (non-hydrogen) atoms. The van der Waals surface area contributed by atoms with Gasteiger partial charge in [-0.3, -0.25) is 14.6 Å². The van der Waals surface area contributed by atoms with Crippen molar-refractivity contribution in [3.8, 4) is 0 Å². The van der Waals surface area contributed by atoms with Crippen molar-refractivity contribution in [3.63, 3.8) is 0 Å². The van der Waals surface area contributed by atoms with Gasteiger partial charge in [-0.15, -0.1) is 0 Å². The van der Waals surface area contributed by atoms with Gasteiger partial charge < -0.3 is 24.8 Å². The van der Waals surface area contributed by atoms with E-state index in [1.54, 1.807) is 4.90 Å². The van der Waals surface area contributed by atoms with Crippen molar-refractivity contribution >= 4 is 17.8 Å². The van der Waals surface area contributed by atoms with Gasteiger partial charge in [-0.2, -0.15) is 0 Å². The molecule has 0 spiro atoms. The lowest BCUT2D eigenvalue weighted by Gasteiger charge is -2.37. The van der Waals surface area contributed by atoms with E-state index in [4.69, 9.17) is 9.73 Å². The molecular formula is C22H39N5O3. The van der Waals surface area contributed by atoms with Crippen LogP contribution in [0.4, 0.5) is 0 Å². The van der Waals surface area contributed by atoms with Gasteiger partial charge in [0.1, 0.15) is 0 Å². The van der Waals surface area contributed by atoms with Gasteiger partial charge in [-0.1, -0.05) is 12.8 Å². The fourth-order valence-corrected chi connectivity index (χ4v) is 5.00. The van der Waals surface area contributed by atoms with E-state index in [0.717, 1.165) is 64.1 Å². The van der Waals surface area contributed by atoms with Crippen LogP contribution in [0.15, 0.2) is 4.99 Å². The van der Waals surface area contributed by atoms with Crippen molar-refractivity contribution in [1.82, 2.24) is 20.0 Å². The molecule has 2 saturated heterocycles. The summed E-state index contributed by atoms with van der Waals surface area (Å²) in [6.07, 6.45) is 5.73. The van der Waals surface area contributed by atoms with Crippen LogP contribution >= 0.6 is 0 Å². The number of morpholine rings is 1. The molecule has 0 radical (unpaired) electrons. The summed E-state index contributed by atoms with van der Waals surface area (Å²) >= 11 is 0. The number of rotatable bonds is 5. The molecule has 3 aliphatic rings. The Morgan fingerprint density at radius 3 is 2.27 bits per heavy atom. The molecule has 2 amide bonds. The number of amides is 2. The Hall–Kier alpha value is -1.83. The van der Waals surface area contributed by atoms with Gasteiger partial charge in [-0.05, 0) is 32.6 Å². The molecule has 3 rings (SSSR count). The largest absolute Gasteiger partial charge is 0.378 e. The second-order valence-electron chi connectivity index (χ2n) is 9.06. The van der Waals surface area contributed by atoms with Crippen LogP contribution in [0.3, 0.4) is 0 Å². The van der Waals surface area contributed by atoms with Crippen molar-refractivity contribution in [1.29, 1.82) is 0 Å². The number of aliphatic imine (C=N–C) groups is 1. The monoisotopic (exact) mass is 421 g/mol. The van der Waals surface area contributed by atoms with E-state index < -0.39 is 0 Å². The molecule has 2 heterocycles. The summed E-state index contributed by atoms with van der Waals surface area (Å²) in [7, 11) is 3.68. The molecule has 0 aromatic carbocycles. The smallest absolute Gasteiger partial charge is 0.230 e. The van der Waals surface area contributed by atoms with Crippen LogP contribution in [0.1, 0.15) is 45.4 Å². The summed E-state index contributed by atoms with van der Waals surface area (Å²) in [5.74, 6) is 1.46. The SMILES string of the molecule is CCNC(=NCC1(C(=O)N(C)C)CCCC1)N1CCC(C(=O)N2CCOCC2)CC1. The molecule has 170 valence electrons. The number of likely N-dealkylation sites (tertiary alicyclic amines) is 1. The first-order valence-electron chi connectivity index (χ1n) is 11.6. The van der Waals surface area contributed by atoms with Gasteiger partial charge in [-0.25, -0.2) is 0 Å². The topological polar surface area (TPSA) is 77.5 Å². The second-order valence-corrected chi connectivity index (χ2v) is 9.06. The minimum Gasteiger partial charge on any atom is -0.378 e. The summed E-state index contributed by atoms with van der Waals surface area (Å²) < 4.78 is 5.37. The van der Waals surface area contributed by atoms with Crippen molar-refractivity contribution in [2.45, 2.75) is 45.4 Å². The van der Waals surface area contributed by atoms with Crippen molar-refractivity contribution in [2.75, 3.05) is 66.6 Å². The number of nitrogens with one attached hydrogen (secondary N) is 1. The lowest BCUT2D eigenvalue weighted by Crippen LogP contribution is -2.50. The molecule has 0 atom stereocenters. The fourth-order valence-electron chi connectivity index (χ4n) is 5.00. The molecule has 0 unspecified atom stereocenters. The maximum Gasteiger partial charge on any atom is 0.230 e. The summed E-state index contributed by atoms with van der Waals surface area (Å²) in [6.45, 7) is 7.77. The second kappa shape index (κ2) is 10.5.